The van der Waals surface area contributed by atoms with Gasteiger partial charge in [0.1, 0.15) is 11.3 Å². The number of piperazine rings is 1. The van der Waals surface area contributed by atoms with Crippen molar-refractivity contribution in [3.8, 4) is 0 Å². The van der Waals surface area contributed by atoms with Crippen LogP contribution in [0.1, 0.15) is 22.1 Å². The van der Waals surface area contributed by atoms with Gasteiger partial charge in [0.25, 0.3) is 6.43 Å². The Morgan fingerprint density at radius 3 is 3.09 bits per heavy atom. The van der Waals surface area contributed by atoms with E-state index in [1.165, 1.54) is 7.11 Å². The third kappa shape index (κ3) is 3.18. The molecule has 6 nitrogen and oxygen atoms in total. The van der Waals surface area contributed by atoms with Crippen LogP contribution >= 0.6 is 0 Å². The number of methoxy groups -OCH3 is 1. The smallest absolute Gasteiger partial charge is 0.355 e. The molecule has 1 N–H and O–H groups in total. The minimum Gasteiger partial charge on any atom is -0.464 e. The zero-order chi connectivity index (χ0) is 16.4. The van der Waals surface area contributed by atoms with Gasteiger partial charge in [-0.3, -0.25) is 9.30 Å². The highest BCUT2D eigenvalue weighted by Crippen LogP contribution is 2.23. The first kappa shape index (κ1) is 15.8. The van der Waals surface area contributed by atoms with Crippen LogP contribution in [0.3, 0.4) is 0 Å². The van der Waals surface area contributed by atoms with Gasteiger partial charge in [-0.25, -0.2) is 18.6 Å². The first-order valence-corrected chi connectivity index (χ1v) is 7.38. The van der Waals surface area contributed by atoms with Gasteiger partial charge in [-0.05, 0) is 6.07 Å². The van der Waals surface area contributed by atoms with E-state index in [0.717, 1.165) is 5.56 Å². The van der Waals surface area contributed by atoms with Crippen LogP contribution in [-0.2, 0) is 4.74 Å². The van der Waals surface area contributed by atoms with Gasteiger partial charge < -0.3 is 10.1 Å². The number of fused-ring (bicyclic) bond motifs is 1. The molecule has 3 rings (SSSR count). The molecule has 8 heteroatoms. The summed E-state index contributed by atoms with van der Waals surface area (Å²) in [4.78, 5) is 17.8. The van der Waals surface area contributed by atoms with Crippen LogP contribution in [0.2, 0.25) is 0 Å². The molecule has 2 aromatic heterocycles. The lowest BCUT2D eigenvalue weighted by molar-refractivity contribution is 0.0591. The summed E-state index contributed by atoms with van der Waals surface area (Å²) in [5, 5.41) is 3.33. The second-order valence-electron chi connectivity index (χ2n) is 5.44. The van der Waals surface area contributed by atoms with E-state index in [9.17, 15) is 13.6 Å². The molecular formula is C15H18F2N4O2. The maximum atomic E-state index is 12.6. The Kier molecular flexibility index (Phi) is 4.53. The number of imidazole rings is 1. The molecule has 0 aliphatic carbocycles. The summed E-state index contributed by atoms with van der Waals surface area (Å²) < 4.78 is 31.6. The van der Waals surface area contributed by atoms with Crippen molar-refractivity contribution >= 4 is 11.6 Å². The van der Waals surface area contributed by atoms with Gasteiger partial charge >= 0.3 is 5.97 Å². The fourth-order valence-electron chi connectivity index (χ4n) is 2.96. The molecule has 0 bridgehead atoms. The predicted molar refractivity (Wildman–Crippen MR) is 79.7 cm³/mol. The minimum absolute atomic E-state index is 0.112. The molecule has 1 saturated heterocycles. The predicted octanol–water partition coefficient (Wildman–Crippen LogP) is 1.33. The summed E-state index contributed by atoms with van der Waals surface area (Å²) in [5.41, 5.74) is 1.88. The fourth-order valence-corrected chi connectivity index (χ4v) is 2.96. The largest absolute Gasteiger partial charge is 0.464 e. The van der Waals surface area contributed by atoms with Crippen LogP contribution in [-0.4, -0.2) is 60.0 Å². The van der Waals surface area contributed by atoms with E-state index in [1.807, 2.05) is 0 Å². The number of carbonyl (C=O) groups is 1. The number of pyridine rings is 1. The summed E-state index contributed by atoms with van der Waals surface area (Å²) in [5.74, 6) is -0.449. The molecule has 0 spiro atoms. The molecular weight excluding hydrogens is 306 g/mol. The molecule has 0 aromatic carbocycles. The van der Waals surface area contributed by atoms with Crippen molar-refractivity contribution in [2.45, 2.75) is 12.5 Å². The Hall–Kier alpha value is -2.06. The summed E-state index contributed by atoms with van der Waals surface area (Å²) in [6.07, 6.45) is 0.942. The number of ether oxygens (including phenoxy) is 1. The lowest BCUT2D eigenvalue weighted by Gasteiger charge is -2.33. The highest BCUT2D eigenvalue weighted by atomic mass is 19.3. The van der Waals surface area contributed by atoms with E-state index in [2.05, 4.69) is 10.3 Å². The highest BCUT2D eigenvalue weighted by molar-refractivity contribution is 5.88. The number of aromatic nitrogens is 2. The number of carbonyl (C=O) groups excluding carboxylic acids is 1. The second kappa shape index (κ2) is 6.59. The number of alkyl halides is 2. The first-order valence-electron chi connectivity index (χ1n) is 7.38. The van der Waals surface area contributed by atoms with Crippen LogP contribution < -0.4 is 5.32 Å². The summed E-state index contributed by atoms with van der Waals surface area (Å²) in [6, 6.07) is 3.36. The quantitative estimate of drug-likeness (QED) is 0.860. The Labute approximate surface area is 132 Å². The maximum Gasteiger partial charge on any atom is 0.355 e. The van der Waals surface area contributed by atoms with E-state index in [-0.39, 0.29) is 12.6 Å². The third-order valence-corrected chi connectivity index (χ3v) is 4.00. The van der Waals surface area contributed by atoms with E-state index in [1.54, 1.807) is 33.8 Å². The van der Waals surface area contributed by atoms with Crippen molar-refractivity contribution < 1.29 is 18.3 Å². The molecule has 124 valence electrons. The van der Waals surface area contributed by atoms with Crippen molar-refractivity contribution in [1.82, 2.24) is 19.6 Å². The molecule has 1 aliphatic rings. The lowest BCUT2D eigenvalue weighted by atomic mass is 10.0. The van der Waals surface area contributed by atoms with E-state index in [0.29, 0.717) is 31.0 Å². The number of nitrogens with one attached hydrogen (secondary N) is 1. The van der Waals surface area contributed by atoms with Crippen molar-refractivity contribution in [3.63, 3.8) is 0 Å². The van der Waals surface area contributed by atoms with E-state index in [4.69, 9.17) is 4.74 Å². The Morgan fingerprint density at radius 1 is 1.52 bits per heavy atom. The third-order valence-electron chi connectivity index (χ3n) is 4.00. The van der Waals surface area contributed by atoms with E-state index < -0.39 is 12.4 Å². The second-order valence-corrected chi connectivity index (χ2v) is 5.44. The molecule has 23 heavy (non-hydrogen) atoms. The molecule has 0 amide bonds. The normalized spacial score (nSPS) is 19.4. The first-order chi connectivity index (χ1) is 11.1. The van der Waals surface area contributed by atoms with Gasteiger partial charge in [0.15, 0.2) is 0 Å². The number of rotatable bonds is 4. The molecule has 1 fully saturated rings. The van der Waals surface area contributed by atoms with Crippen LogP contribution in [0.4, 0.5) is 8.78 Å². The number of hydrogen-bond acceptors (Lipinski definition) is 5. The summed E-state index contributed by atoms with van der Waals surface area (Å²) in [7, 11) is 1.32. The summed E-state index contributed by atoms with van der Waals surface area (Å²) in [6.45, 7) is 1.46. The monoisotopic (exact) mass is 324 g/mol. The number of halogens is 2. The van der Waals surface area contributed by atoms with Gasteiger partial charge in [0.05, 0.1) is 13.7 Å². The fraction of sp³-hybridized carbons (Fsp3) is 0.467. The SMILES string of the molecule is COC(=O)c1ccc(C2CN(CC(F)F)CCN2)c2nccn12. The average Bonchev–Trinajstić information content (AvgIpc) is 3.02. The molecule has 1 unspecified atom stereocenters. The standard InChI is InChI=1S/C15H18F2N4O2/c1-23-15(22)12-3-2-10(14-19-5-7-21(12)14)11-8-20(6-4-18-11)9-13(16)17/h2-3,5,7,11,13,18H,4,6,8-9H2,1H3. The topological polar surface area (TPSA) is 58.9 Å². The molecule has 3 heterocycles. The molecule has 2 aromatic rings. The number of nitrogens with zero attached hydrogens (tertiary/aromatic N) is 3. The lowest BCUT2D eigenvalue weighted by Crippen LogP contribution is -2.47. The van der Waals surface area contributed by atoms with Crippen molar-refractivity contribution in [3.05, 3.63) is 35.8 Å². The number of hydrogen-bond donors (Lipinski definition) is 1. The number of esters is 1. The molecule has 0 radical (unpaired) electrons. The van der Waals surface area contributed by atoms with Crippen LogP contribution in [0.15, 0.2) is 24.5 Å². The Bertz CT molecular complexity index is 704. The van der Waals surface area contributed by atoms with Gasteiger partial charge in [0, 0.05) is 43.6 Å². The Balaban J connectivity index is 1.91. The molecule has 0 saturated carbocycles. The van der Waals surface area contributed by atoms with E-state index >= 15 is 0 Å². The van der Waals surface area contributed by atoms with Crippen LogP contribution in [0.25, 0.3) is 5.65 Å². The highest BCUT2D eigenvalue weighted by Gasteiger charge is 2.25. The van der Waals surface area contributed by atoms with Crippen LogP contribution in [0.5, 0.6) is 0 Å². The zero-order valence-corrected chi connectivity index (χ0v) is 12.7. The van der Waals surface area contributed by atoms with Gasteiger partial charge in [-0.1, -0.05) is 6.07 Å². The zero-order valence-electron chi connectivity index (χ0n) is 12.7. The maximum absolute atomic E-state index is 12.6. The van der Waals surface area contributed by atoms with Gasteiger partial charge in [-0.2, -0.15) is 0 Å². The Morgan fingerprint density at radius 2 is 2.35 bits per heavy atom. The van der Waals surface area contributed by atoms with Crippen molar-refractivity contribution in [2.75, 3.05) is 33.3 Å². The van der Waals surface area contributed by atoms with Gasteiger partial charge in [-0.15, -0.1) is 0 Å². The van der Waals surface area contributed by atoms with Crippen molar-refractivity contribution in [2.24, 2.45) is 0 Å². The average molecular weight is 324 g/mol. The molecule has 1 atom stereocenters. The minimum atomic E-state index is -2.35. The van der Waals surface area contributed by atoms with Crippen LogP contribution in [0, 0.1) is 0 Å². The molecule has 1 aliphatic heterocycles. The van der Waals surface area contributed by atoms with Gasteiger partial charge in [0.2, 0.25) is 0 Å². The van der Waals surface area contributed by atoms with Crippen molar-refractivity contribution in [1.29, 1.82) is 0 Å². The summed E-state index contributed by atoms with van der Waals surface area (Å²) >= 11 is 0.